The molecular weight excluding hydrogens is 503 g/mol. The van der Waals surface area contributed by atoms with Crippen LogP contribution in [-0.2, 0) is 9.59 Å². The van der Waals surface area contributed by atoms with Gasteiger partial charge >= 0.3 is 0 Å². The van der Waals surface area contributed by atoms with E-state index in [1.54, 1.807) is 24.3 Å². The molecule has 36 heavy (non-hydrogen) atoms. The van der Waals surface area contributed by atoms with Gasteiger partial charge in [0.1, 0.15) is 12.3 Å². The number of halogens is 2. The fourth-order valence-corrected chi connectivity index (χ4v) is 6.49. The zero-order valence-corrected chi connectivity index (χ0v) is 20.8. The molecule has 5 aliphatic rings. The van der Waals surface area contributed by atoms with E-state index < -0.39 is 41.9 Å². The van der Waals surface area contributed by atoms with Crippen molar-refractivity contribution < 1.29 is 23.9 Å². The highest BCUT2D eigenvalue weighted by Crippen LogP contribution is 2.65. The predicted molar refractivity (Wildman–Crippen MR) is 131 cm³/mol. The second-order valence-corrected chi connectivity index (χ2v) is 10.6. The van der Waals surface area contributed by atoms with Crippen molar-refractivity contribution in [3.8, 4) is 5.75 Å². The highest BCUT2D eigenvalue weighted by Gasteiger charge is 2.68. The third kappa shape index (κ3) is 3.48. The van der Waals surface area contributed by atoms with Crippen molar-refractivity contribution in [2.24, 2.45) is 35.5 Å². The third-order valence-electron chi connectivity index (χ3n) is 7.99. The van der Waals surface area contributed by atoms with Gasteiger partial charge in [0.2, 0.25) is 0 Å². The zero-order valence-electron chi connectivity index (χ0n) is 19.3. The van der Waals surface area contributed by atoms with Crippen molar-refractivity contribution >= 4 is 46.7 Å². The first-order valence-corrected chi connectivity index (χ1v) is 12.6. The SMILES string of the molecule is COc1ccc(C(=O)CN(C(=O)c2ccc(Cl)c(Cl)c2)N2C(=O)[C@@H]3[C@H]4C=C[C@@H]([C@@H]5C[C@@H]45)[C@@H]3C2=O)cc1. The van der Waals surface area contributed by atoms with Crippen LogP contribution in [0.1, 0.15) is 27.1 Å². The van der Waals surface area contributed by atoms with Crippen LogP contribution in [0.25, 0.3) is 0 Å². The molecule has 0 N–H and O–H groups in total. The van der Waals surface area contributed by atoms with Crippen molar-refractivity contribution in [2.45, 2.75) is 6.42 Å². The van der Waals surface area contributed by atoms with Crippen molar-refractivity contribution in [3.63, 3.8) is 0 Å². The van der Waals surface area contributed by atoms with E-state index in [-0.39, 0.29) is 27.4 Å². The van der Waals surface area contributed by atoms with Crippen LogP contribution in [0.15, 0.2) is 54.6 Å². The number of ether oxygens (including phenoxy) is 1. The number of methoxy groups -OCH3 is 1. The Hall–Kier alpha value is -3.16. The number of amides is 3. The van der Waals surface area contributed by atoms with E-state index in [1.165, 1.54) is 25.3 Å². The maximum atomic E-state index is 13.7. The van der Waals surface area contributed by atoms with Gasteiger partial charge in [-0.1, -0.05) is 35.4 Å². The second-order valence-electron chi connectivity index (χ2n) is 9.79. The van der Waals surface area contributed by atoms with Crippen molar-refractivity contribution in [1.82, 2.24) is 10.0 Å². The van der Waals surface area contributed by atoms with Crippen molar-refractivity contribution in [3.05, 3.63) is 75.8 Å². The van der Waals surface area contributed by atoms with Crippen LogP contribution >= 0.6 is 23.2 Å². The lowest BCUT2D eigenvalue weighted by molar-refractivity contribution is -0.154. The Labute approximate surface area is 217 Å². The number of rotatable bonds is 6. The largest absolute Gasteiger partial charge is 0.497 e. The molecule has 2 aromatic carbocycles. The monoisotopic (exact) mass is 524 g/mol. The second kappa shape index (κ2) is 8.46. The molecule has 3 fully saturated rings. The van der Waals surface area contributed by atoms with Crippen molar-refractivity contribution in [1.29, 1.82) is 0 Å². The number of nitrogens with zero attached hydrogens (tertiary/aromatic N) is 2. The van der Waals surface area contributed by atoms with Gasteiger partial charge in [0.15, 0.2) is 5.78 Å². The molecule has 9 heteroatoms. The Balaban J connectivity index is 1.36. The Morgan fingerprint density at radius 2 is 1.50 bits per heavy atom. The lowest BCUT2D eigenvalue weighted by Gasteiger charge is -2.37. The van der Waals surface area contributed by atoms with Gasteiger partial charge in [0.25, 0.3) is 17.7 Å². The van der Waals surface area contributed by atoms with Crippen LogP contribution in [0.4, 0.5) is 0 Å². The highest BCUT2D eigenvalue weighted by molar-refractivity contribution is 6.42. The maximum absolute atomic E-state index is 13.7. The molecule has 4 aliphatic carbocycles. The summed E-state index contributed by atoms with van der Waals surface area (Å²) in [6.07, 6.45) is 5.14. The molecule has 0 aromatic heterocycles. The quantitative estimate of drug-likeness (QED) is 0.319. The van der Waals surface area contributed by atoms with E-state index in [1.807, 2.05) is 0 Å². The molecule has 0 radical (unpaired) electrons. The lowest BCUT2D eigenvalue weighted by Crippen LogP contribution is -2.52. The van der Waals surface area contributed by atoms with Gasteiger partial charge in [-0.15, -0.1) is 0 Å². The molecule has 3 amide bonds. The number of ketones is 1. The van der Waals surface area contributed by atoms with E-state index in [0.29, 0.717) is 23.1 Å². The number of imide groups is 1. The molecule has 0 spiro atoms. The molecule has 2 aromatic rings. The first-order chi connectivity index (χ1) is 17.3. The van der Waals surface area contributed by atoms with Gasteiger partial charge in [0, 0.05) is 11.1 Å². The van der Waals surface area contributed by atoms with Gasteiger partial charge in [-0.25, -0.2) is 5.01 Å². The van der Waals surface area contributed by atoms with Crippen LogP contribution in [-0.4, -0.2) is 47.2 Å². The third-order valence-corrected chi connectivity index (χ3v) is 8.73. The summed E-state index contributed by atoms with van der Waals surface area (Å²) in [6, 6.07) is 10.7. The summed E-state index contributed by atoms with van der Waals surface area (Å²) in [4.78, 5) is 54.4. The molecule has 2 saturated carbocycles. The minimum Gasteiger partial charge on any atom is -0.497 e. The fourth-order valence-electron chi connectivity index (χ4n) is 6.19. The molecule has 0 unspecified atom stereocenters. The molecular formula is C27H22Cl2N2O5. The molecule has 1 heterocycles. The molecule has 1 saturated heterocycles. The van der Waals surface area contributed by atoms with Crippen LogP contribution < -0.4 is 4.74 Å². The Morgan fingerprint density at radius 1 is 0.917 bits per heavy atom. The predicted octanol–water partition coefficient (Wildman–Crippen LogP) is 4.30. The van der Waals surface area contributed by atoms with E-state index >= 15 is 0 Å². The number of hydrogen-bond donors (Lipinski definition) is 0. The van der Waals surface area contributed by atoms with E-state index in [0.717, 1.165) is 16.4 Å². The van der Waals surface area contributed by atoms with Crippen molar-refractivity contribution in [2.75, 3.05) is 13.7 Å². The number of benzene rings is 2. The van der Waals surface area contributed by atoms with Gasteiger partial charge < -0.3 is 4.74 Å². The topological polar surface area (TPSA) is 84.0 Å². The summed E-state index contributed by atoms with van der Waals surface area (Å²) in [6.45, 7) is -0.488. The van der Waals surface area contributed by atoms with Crippen LogP contribution in [0.3, 0.4) is 0 Å². The molecule has 6 atom stereocenters. The number of hydrogen-bond acceptors (Lipinski definition) is 5. The average Bonchev–Trinajstić information content (AvgIpc) is 3.67. The van der Waals surface area contributed by atoms with E-state index in [4.69, 9.17) is 27.9 Å². The summed E-state index contributed by atoms with van der Waals surface area (Å²) in [5, 5.41) is 2.30. The van der Waals surface area contributed by atoms with Crippen LogP contribution in [0.2, 0.25) is 10.0 Å². The summed E-state index contributed by atoms with van der Waals surface area (Å²) in [7, 11) is 1.52. The fraction of sp³-hybridized carbons (Fsp3) is 0.333. The average molecular weight is 525 g/mol. The van der Waals surface area contributed by atoms with E-state index in [2.05, 4.69) is 12.2 Å². The number of carbonyl (C=O) groups excluding carboxylic acids is 4. The van der Waals surface area contributed by atoms with Gasteiger partial charge in [-0.05, 0) is 72.6 Å². The first kappa shape index (κ1) is 23.3. The molecule has 2 bridgehead atoms. The van der Waals surface area contributed by atoms with Crippen LogP contribution in [0, 0.1) is 35.5 Å². The number of carbonyl (C=O) groups is 4. The molecule has 7 nitrogen and oxygen atoms in total. The molecule has 1 aliphatic heterocycles. The molecule has 7 rings (SSSR count). The van der Waals surface area contributed by atoms with E-state index in [9.17, 15) is 19.2 Å². The number of allylic oxidation sites excluding steroid dienone is 2. The number of Topliss-reactive ketones (excluding diaryl/α,β-unsaturated/α-hetero) is 1. The normalized spacial score (nSPS) is 29.1. The minimum atomic E-state index is -0.679. The van der Waals surface area contributed by atoms with Gasteiger partial charge in [-0.2, -0.15) is 5.01 Å². The van der Waals surface area contributed by atoms with Gasteiger partial charge in [-0.3, -0.25) is 19.2 Å². The summed E-state index contributed by atoms with van der Waals surface area (Å²) >= 11 is 12.2. The summed E-state index contributed by atoms with van der Waals surface area (Å²) in [5.74, 6) is -1.57. The smallest absolute Gasteiger partial charge is 0.273 e. The first-order valence-electron chi connectivity index (χ1n) is 11.8. The summed E-state index contributed by atoms with van der Waals surface area (Å²) < 4.78 is 5.15. The summed E-state index contributed by atoms with van der Waals surface area (Å²) in [5.41, 5.74) is 0.438. The molecule has 184 valence electrons. The zero-order chi connectivity index (χ0) is 25.3. The lowest BCUT2D eigenvalue weighted by atomic mass is 9.63. The standard InChI is InChI=1S/C27H22Cl2N2O5/c1-36-15-5-2-13(3-6-15)22(32)12-30(25(33)14-4-9-20(28)21(29)10-14)31-26(34)23-16-7-8-17(19-11-18(16)19)24(23)27(31)35/h2-10,16-19,23-24H,11-12H2,1H3/t16-,17-,18-,19-,23-,24+/m0/s1. The van der Waals surface area contributed by atoms with Crippen LogP contribution in [0.5, 0.6) is 5.75 Å². The Kier molecular flexibility index (Phi) is 5.46. The minimum absolute atomic E-state index is 0.00864. The van der Waals surface area contributed by atoms with Gasteiger partial charge in [0.05, 0.1) is 29.0 Å². The highest BCUT2D eigenvalue weighted by atomic mass is 35.5. The Bertz CT molecular complexity index is 1300. The maximum Gasteiger partial charge on any atom is 0.273 e. The number of hydrazine groups is 1. The Morgan fingerprint density at radius 3 is 2.06 bits per heavy atom.